The van der Waals surface area contributed by atoms with Crippen molar-refractivity contribution in [2.45, 2.75) is 18.6 Å². The minimum atomic E-state index is -0.313. The minimum absolute atomic E-state index is 0.313. The maximum absolute atomic E-state index is 11.5. The highest BCUT2D eigenvalue weighted by molar-refractivity contribution is 7.99. The summed E-state index contributed by atoms with van der Waals surface area (Å²) in [6, 6.07) is 15.7. The van der Waals surface area contributed by atoms with Crippen molar-refractivity contribution in [1.29, 1.82) is 0 Å². The Hall–Kier alpha value is -2.27. The Bertz CT molecular complexity index is 825. The van der Waals surface area contributed by atoms with Crippen molar-refractivity contribution >= 4 is 28.8 Å². The number of fused-ring (bicyclic) bond motifs is 1. The van der Waals surface area contributed by atoms with Gasteiger partial charge in [-0.15, -0.1) is 0 Å². The normalized spacial score (nSPS) is 10.9. The topological polar surface area (TPSA) is 44.1 Å². The van der Waals surface area contributed by atoms with Crippen LogP contribution in [0.15, 0.2) is 53.7 Å². The van der Waals surface area contributed by atoms with Gasteiger partial charge in [0.15, 0.2) is 5.16 Å². The average molecular weight is 326 g/mol. The molecule has 0 saturated heterocycles. The van der Waals surface area contributed by atoms with Crippen molar-refractivity contribution in [2.24, 2.45) is 0 Å². The van der Waals surface area contributed by atoms with Gasteiger partial charge in [0.1, 0.15) is 0 Å². The van der Waals surface area contributed by atoms with E-state index in [1.54, 1.807) is 23.9 Å². The Morgan fingerprint density at radius 2 is 1.91 bits per heavy atom. The molecule has 5 heteroatoms. The molecule has 1 heterocycles. The molecule has 3 rings (SSSR count). The number of esters is 1. The van der Waals surface area contributed by atoms with Crippen LogP contribution >= 0.6 is 11.8 Å². The van der Waals surface area contributed by atoms with Gasteiger partial charge in [-0.2, -0.15) is 0 Å². The van der Waals surface area contributed by atoms with Gasteiger partial charge in [-0.3, -0.25) is 0 Å². The van der Waals surface area contributed by atoms with Gasteiger partial charge in [0, 0.05) is 0 Å². The second-order valence-electron chi connectivity index (χ2n) is 5.09. The van der Waals surface area contributed by atoms with E-state index in [1.165, 1.54) is 7.11 Å². The number of thioether (sulfide) groups is 1. The van der Waals surface area contributed by atoms with E-state index in [4.69, 9.17) is 9.72 Å². The summed E-state index contributed by atoms with van der Waals surface area (Å²) in [5.74, 6) is 0.664. The van der Waals surface area contributed by atoms with Crippen LogP contribution in [0.3, 0.4) is 0 Å². The van der Waals surface area contributed by atoms with E-state index >= 15 is 0 Å². The van der Waals surface area contributed by atoms with E-state index < -0.39 is 0 Å². The van der Waals surface area contributed by atoms with Crippen LogP contribution in [-0.2, 0) is 11.3 Å². The number of imidazole rings is 1. The summed E-state index contributed by atoms with van der Waals surface area (Å²) in [7, 11) is 1.39. The second kappa shape index (κ2) is 6.87. The van der Waals surface area contributed by atoms with Gasteiger partial charge in [0.2, 0.25) is 0 Å². The zero-order valence-corrected chi connectivity index (χ0v) is 14.0. The Morgan fingerprint density at radius 3 is 2.61 bits per heavy atom. The van der Waals surface area contributed by atoms with Gasteiger partial charge in [-0.25, -0.2) is 9.78 Å². The first kappa shape index (κ1) is 15.6. The van der Waals surface area contributed by atoms with Crippen molar-refractivity contribution in [3.05, 3.63) is 59.7 Å². The summed E-state index contributed by atoms with van der Waals surface area (Å²) >= 11 is 1.74. The van der Waals surface area contributed by atoms with Gasteiger partial charge < -0.3 is 9.30 Å². The van der Waals surface area contributed by atoms with Crippen LogP contribution in [0.25, 0.3) is 11.0 Å². The maximum atomic E-state index is 11.5. The van der Waals surface area contributed by atoms with Gasteiger partial charge in [-0.1, -0.05) is 43.0 Å². The molecule has 0 N–H and O–H groups in total. The largest absolute Gasteiger partial charge is 0.465 e. The monoisotopic (exact) mass is 326 g/mol. The molecule has 0 unspecified atom stereocenters. The fourth-order valence-corrected chi connectivity index (χ4v) is 3.23. The Balaban J connectivity index is 1.94. The molecule has 23 heavy (non-hydrogen) atoms. The maximum Gasteiger partial charge on any atom is 0.337 e. The molecule has 0 aliphatic rings. The van der Waals surface area contributed by atoms with Crippen molar-refractivity contribution < 1.29 is 9.53 Å². The van der Waals surface area contributed by atoms with Crippen LogP contribution in [0.4, 0.5) is 0 Å². The number of aromatic nitrogens is 2. The molecule has 0 aliphatic carbocycles. The third-order valence-electron chi connectivity index (χ3n) is 3.61. The highest BCUT2D eigenvalue weighted by Crippen LogP contribution is 2.25. The van der Waals surface area contributed by atoms with Crippen molar-refractivity contribution in [3.63, 3.8) is 0 Å². The van der Waals surface area contributed by atoms with Gasteiger partial charge in [-0.05, 0) is 35.6 Å². The highest BCUT2D eigenvalue weighted by Gasteiger charge is 2.11. The molecule has 0 spiro atoms. The Kier molecular flexibility index (Phi) is 4.67. The average Bonchev–Trinajstić information content (AvgIpc) is 2.93. The van der Waals surface area contributed by atoms with Crippen molar-refractivity contribution in [3.8, 4) is 0 Å². The number of benzene rings is 2. The number of carbonyl (C=O) groups is 1. The molecule has 0 bridgehead atoms. The van der Waals surface area contributed by atoms with Crippen molar-refractivity contribution in [1.82, 2.24) is 9.55 Å². The molecule has 0 atom stereocenters. The summed E-state index contributed by atoms with van der Waals surface area (Å²) in [6.07, 6.45) is 0. The minimum Gasteiger partial charge on any atom is -0.465 e. The summed E-state index contributed by atoms with van der Waals surface area (Å²) in [6.45, 7) is 2.85. The van der Waals surface area contributed by atoms with E-state index in [0.29, 0.717) is 5.56 Å². The number of hydrogen-bond donors (Lipinski definition) is 0. The van der Waals surface area contributed by atoms with Crippen LogP contribution in [0.2, 0.25) is 0 Å². The first-order valence-corrected chi connectivity index (χ1v) is 8.46. The first-order chi connectivity index (χ1) is 11.2. The molecule has 118 valence electrons. The number of methoxy groups -OCH3 is 1. The third kappa shape index (κ3) is 3.24. The molecular weight excluding hydrogens is 308 g/mol. The standard InChI is InChI=1S/C18H18N2O2S/c1-3-23-18-19-15-6-4-5-7-16(15)20(18)12-13-8-10-14(11-9-13)17(21)22-2/h4-11H,3,12H2,1-2H3. The molecule has 0 amide bonds. The fourth-order valence-electron chi connectivity index (χ4n) is 2.49. The Labute approximate surface area is 139 Å². The van der Waals surface area contributed by atoms with E-state index in [-0.39, 0.29) is 5.97 Å². The van der Waals surface area contributed by atoms with Gasteiger partial charge in [0.25, 0.3) is 0 Å². The molecule has 3 aromatic rings. The van der Waals surface area contributed by atoms with Crippen LogP contribution < -0.4 is 0 Å². The predicted molar refractivity (Wildman–Crippen MR) is 93.0 cm³/mol. The van der Waals surface area contributed by atoms with Crippen LogP contribution in [0.5, 0.6) is 0 Å². The van der Waals surface area contributed by atoms with Crippen LogP contribution in [0.1, 0.15) is 22.8 Å². The number of para-hydroxylation sites is 2. The molecule has 0 saturated carbocycles. The molecule has 4 nitrogen and oxygen atoms in total. The van der Waals surface area contributed by atoms with Crippen LogP contribution in [-0.4, -0.2) is 28.4 Å². The second-order valence-corrected chi connectivity index (χ2v) is 6.32. The third-order valence-corrected chi connectivity index (χ3v) is 4.47. The van der Waals surface area contributed by atoms with E-state index in [9.17, 15) is 4.79 Å². The summed E-state index contributed by atoms with van der Waals surface area (Å²) in [5, 5.41) is 1.02. The van der Waals surface area contributed by atoms with E-state index in [0.717, 1.165) is 34.1 Å². The molecule has 0 radical (unpaired) electrons. The number of nitrogens with zero attached hydrogens (tertiary/aromatic N) is 2. The molecular formula is C18H18N2O2S. The van der Waals surface area contributed by atoms with Crippen molar-refractivity contribution in [2.75, 3.05) is 12.9 Å². The quantitative estimate of drug-likeness (QED) is 0.525. The number of carbonyl (C=O) groups excluding carboxylic acids is 1. The lowest BCUT2D eigenvalue weighted by Crippen LogP contribution is -2.04. The molecule has 0 fully saturated rings. The molecule has 1 aromatic heterocycles. The summed E-state index contributed by atoms with van der Waals surface area (Å²) in [4.78, 5) is 16.2. The smallest absolute Gasteiger partial charge is 0.337 e. The number of ether oxygens (including phenoxy) is 1. The lowest BCUT2D eigenvalue weighted by Gasteiger charge is -2.09. The van der Waals surface area contributed by atoms with Gasteiger partial charge in [0.05, 0.1) is 30.3 Å². The first-order valence-electron chi connectivity index (χ1n) is 7.48. The fraction of sp³-hybridized carbons (Fsp3) is 0.222. The lowest BCUT2D eigenvalue weighted by molar-refractivity contribution is 0.0600. The summed E-state index contributed by atoms with van der Waals surface area (Å²) in [5.41, 5.74) is 3.82. The molecule has 0 aliphatic heterocycles. The van der Waals surface area contributed by atoms with E-state index in [2.05, 4.69) is 17.6 Å². The zero-order chi connectivity index (χ0) is 16.2. The lowest BCUT2D eigenvalue weighted by atomic mass is 10.1. The molecule has 2 aromatic carbocycles. The zero-order valence-electron chi connectivity index (χ0n) is 13.2. The predicted octanol–water partition coefficient (Wildman–Crippen LogP) is 3.98. The number of rotatable bonds is 5. The number of hydrogen-bond acceptors (Lipinski definition) is 4. The van der Waals surface area contributed by atoms with Crippen LogP contribution in [0, 0.1) is 0 Å². The highest BCUT2D eigenvalue weighted by atomic mass is 32.2. The SMILES string of the molecule is CCSc1nc2ccccc2n1Cc1ccc(C(=O)OC)cc1. The van der Waals surface area contributed by atoms with Gasteiger partial charge >= 0.3 is 5.97 Å². The summed E-state index contributed by atoms with van der Waals surface area (Å²) < 4.78 is 6.95. The Morgan fingerprint density at radius 1 is 1.17 bits per heavy atom. The van der Waals surface area contributed by atoms with E-state index in [1.807, 2.05) is 30.3 Å².